The number of amides is 1. The van der Waals surface area contributed by atoms with E-state index in [9.17, 15) is 4.79 Å². The van der Waals surface area contributed by atoms with Gasteiger partial charge in [-0.15, -0.1) is 0 Å². The Bertz CT molecular complexity index is 918. The van der Waals surface area contributed by atoms with Crippen LogP contribution in [0.2, 0.25) is 5.02 Å². The first kappa shape index (κ1) is 16.8. The quantitative estimate of drug-likeness (QED) is 0.709. The lowest BCUT2D eigenvalue weighted by Gasteiger charge is -2.26. The predicted molar refractivity (Wildman–Crippen MR) is 101 cm³/mol. The van der Waals surface area contributed by atoms with E-state index in [0.717, 1.165) is 11.3 Å². The van der Waals surface area contributed by atoms with Crippen molar-refractivity contribution >= 4 is 17.5 Å². The van der Waals surface area contributed by atoms with E-state index in [0.29, 0.717) is 42.7 Å². The predicted octanol–water partition coefficient (Wildman–Crippen LogP) is 3.67. The third kappa shape index (κ3) is 3.23. The Morgan fingerprint density at radius 1 is 1.00 bits per heavy atom. The van der Waals surface area contributed by atoms with E-state index in [1.807, 2.05) is 60.7 Å². The van der Waals surface area contributed by atoms with Gasteiger partial charge in [0.15, 0.2) is 0 Å². The molecule has 1 aromatic heterocycles. The molecule has 0 unspecified atom stereocenters. The number of nitrogens with zero attached hydrogens (tertiary/aromatic N) is 3. The van der Waals surface area contributed by atoms with E-state index in [1.54, 1.807) is 9.58 Å². The number of carbonyl (C=O) groups excluding carboxylic acids is 1. The molecule has 0 bridgehead atoms. The van der Waals surface area contributed by atoms with Crippen LogP contribution >= 0.6 is 11.6 Å². The molecule has 1 aliphatic rings. The van der Waals surface area contributed by atoms with E-state index in [1.165, 1.54) is 0 Å². The fourth-order valence-corrected chi connectivity index (χ4v) is 3.26. The number of rotatable bonds is 3. The summed E-state index contributed by atoms with van der Waals surface area (Å²) in [4.78, 5) is 14.9. The average molecular weight is 368 g/mol. The van der Waals surface area contributed by atoms with Crippen molar-refractivity contribution in [1.29, 1.82) is 0 Å². The van der Waals surface area contributed by atoms with Gasteiger partial charge >= 0.3 is 0 Å². The van der Waals surface area contributed by atoms with Gasteiger partial charge in [0.05, 0.1) is 29.6 Å². The number of para-hydroxylation sites is 1. The van der Waals surface area contributed by atoms with Crippen LogP contribution in [0.3, 0.4) is 0 Å². The Labute approximate surface area is 156 Å². The molecule has 1 aliphatic heterocycles. The maximum Gasteiger partial charge on any atom is 0.272 e. The maximum atomic E-state index is 13.1. The number of hydrogen-bond donors (Lipinski definition) is 0. The number of aromatic nitrogens is 2. The molecular weight excluding hydrogens is 350 g/mol. The second-order valence-corrected chi connectivity index (χ2v) is 6.45. The van der Waals surface area contributed by atoms with Gasteiger partial charge < -0.3 is 9.64 Å². The van der Waals surface area contributed by atoms with Crippen molar-refractivity contribution < 1.29 is 9.53 Å². The zero-order valence-electron chi connectivity index (χ0n) is 14.1. The molecule has 6 heteroatoms. The van der Waals surface area contributed by atoms with Crippen molar-refractivity contribution in [3.63, 3.8) is 0 Å². The van der Waals surface area contributed by atoms with Crippen LogP contribution in [-0.2, 0) is 4.74 Å². The number of hydrogen-bond acceptors (Lipinski definition) is 3. The van der Waals surface area contributed by atoms with Gasteiger partial charge in [-0.3, -0.25) is 4.79 Å². The van der Waals surface area contributed by atoms with E-state index in [-0.39, 0.29) is 5.91 Å². The molecule has 3 aromatic rings. The fraction of sp³-hybridized carbons (Fsp3) is 0.200. The largest absolute Gasteiger partial charge is 0.378 e. The van der Waals surface area contributed by atoms with Gasteiger partial charge in [-0.25, -0.2) is 4.68 Å². The molecule has 2 aromatic carbocycles. The third-order valence-corrected chi connectivity index (χ3v) is 4.71. The first-order valence-electron chi connectivity index (χ1n) is 8.51. The molecule has 4 rings (SSSR count). The highest BCUT2D eigenvalue weighted by Crippen LogP contribution is 2.28. The van der Waals surface area contributed by atoms with Gasteiger partial charge in [0.1, 0.15) is 5.69 Å². The Hall–Kier alpha value is -2.63. The minimum atomic E-state index is -0.0528. The van der Waals surface area contributed by atoms with Gasteiger partial charge in [-0.1, -0.05) is 48.0 Å². The van der Waals surface area contributed by atoms with Crippen molar-refractivity contribution in [3.8, 4) is 16.9 Å². The van der Waals surface area contributed by atoms with Crippen LogP contribution in [0.15, 0.2) is 60.7 Å². The summed E-state index contributed by atoms with van der Waals surface area (Å²) in [5, 5.41) is 5.29. The molecule has 0 saturated carbocycles. The zero-order valence-corrected chi connectivity index (χ0v) is 14.9. The van der Waals surface area contributed by atoms with Crippen molar-refractivity contribution in [3.05, 3.63) is 71.4 Å². The second kappa shape index (κ2) is 7.32. The molecule has 1 saturated heterocycles. The highest BCUT2D eigenvalue weighted by molar-refractivity contribution is 6.33. The molecule has 132 valence electrons. The lowest BCUT2D eigenvalue weighted by atomic mass is 10.1. The third-order valence-electron chi connectivity index (χ3n) is 4.38. The average Bonchev–Trinajstić information content (AvgIpc) is 3.14. The molecule has 0 aliphatic carbocycles. The van der Waals surface area contributed by atoms with Crippen LogP contribution in [0, 0.1) is 0 Å². The van der Waals surface area contributed by atoms with Gasteiger partial charge in [-0.2, -0.15) is 5.10 Å². The molecule has 2 heterocycles. The van der Waals surface area contributed by atoms with E-state index in [2.05, 4.69) is 5.10 Å². The number of morpholine rings is 1. The number of halogens is 1. The molecule has 0 spiro atoms. The zero-order chi connectivity index (χ0) is 17.9. The van der Waals surface area contributed by atoms with Crippen molar-refractivity contribution in [1.82, 2.24) is 14.7 Å². The summed E-state index contributed by atoms with van der Waals surface area (Å²) >= 11 is 6.33. The Morgan fingerprint density at radius 2 is 1.69 bits per heavy atom. The topological polar surface area (TPSA) is 47.4 Å². The van der Waals surface area contributed by atoms with Crippen molar-refractivity contribution in [2.75, 3.05) is 26.3 Å². The van der Waals surface area contributed by atoms with Crippen LogP contribution in [0.5, 0.6) is 0 Å². The first-order valence-corrected chi connectivity index (χ1v) is 8.89. The minimum Gasteiger partial charge on any atom is -0.378 e. The van der Waals surface area contributed by atoms with Crippen LogP contribution in [0.4, 0.5) is 0 Å². The summed E-state index contributed by atoms with van der Waals surface area (Å²) in [6, 6.07) is 19.0. The smallest absolute Gasteiger partial charge is 0.272 e. The van der Waals surface area contributed by atoms with Crippen molar-refractivity contribution in [2.45, 2.75) is 0 Å². The second-order valence-electron chi connectivity index (χ2n) is 6.05. The van der Waals surface area contributed by atoms with Crippen LogP contribution in [-0.4, -0.2) is 46.9 Å². The summed E-state index contributed by atoms with van der Waals surface area (Å²) in [5.41, 5.74) is 2.84. The molecule has 1 fully saturated rings. The van der Waals surface area contributed by atoms with Gasteiger partial charge in [0.2, 0.25) is 0 Å². The van der Waals surface area contributed by atoms with E-state index < -0.39 is 0 Å². The highest BCUT2D eigenvalue weighted by Gasteiger charge is 2.24. The normalized spacial score (nSPS) is 14.4. The number of ether oxygens (including phenoxy) is 1. The molecule has 5 nitrogen and oxygen atoms in total. The number of carbonyl (C=O) groups is 1. The fourth-order valence-electron chi connectivity index (χ4n) is 3.03. The lowest BCUT2D eigenvalue weighted by molar-refractivity contribution is 0.0297. The summed E-state index contributed by atoms with van der Waals surface area (Å²) in [7, 11) is 0. The molecule has 0 atom stereocenters. The Kier molecular flexibility index (Phi) is 4.73. The van der Waals surface area contributed by atoms with Gasteiger partial charge in [0.25, 0.3) is 5.91 Å². The number of benzene rings is 2. The van der Waals surface area contributed by atoms with Crippen LogP contribution < -0.4 is 0 Å². The summed E-state index contributed by atoms with van der Waals surface area (Å²) < 4.78 is 7.05. The van der Waals surface area contributed by atoms with Crippen LogP contribution in [0.25, 0.3) is 16.9 Å². The standard InChI is InChI=1S/C20H18ClN3O2/c21-17-9-5-4-8-16(17)18-14-19(20(25)23-10-12-26-13-11-23)24(22-18)15-6-2-1-3-7-15/h1-9,14H,10-13H2. The SMILES string of the molecule is O=C(c1cc(-c2ccccc2Cl)nn1-c1ccccc1)N1CCOCC1. The van der Waals surface area contributed by atoms with Gasteiger partial charge in [-0.05, 0) is 24.3 Å². The monoisotopic (exact) mass is 367 g/mol. The molecular formula is C20H18ClN3O2. The maximum absolute atomic E-state index is 13.1. The van der Waals surface area contributed by atoms with Gasteiger partial charge in [0, 0.05) is 18.7 Å². The van der Waals surface area contributed by atoms with E-state index >= 15 is 0 Å². The molecule has 0 N–H and O–H groups in total. The Morgan fingerprint density at radius 3 is 2.42 bits per heavy atom. The minimum absolute atomic E-state index is 0.0528. The van der Waals surface area contributed by atoms with Crippen molar-refractivity contribution in [2.24, 2.45) is 0 Å². The summed E-state index contributed by atoms with van der Waals surface area (Å²) in [6.45, 7) is 2.28. The van der Waals surface area contributed by atoms with Crippen LogP contribution in [0.1, 0.15) is 10.5 Å². The first-order chi connectivity index (χ1) is 12.7. The molecule has 1 amide bonds. The van der Waals surface area contributed by atoms with E-state index in [4.69, 9.17) is 16.3 Å². The Balaban J connectivity index is 1.81. The molecule has 26 heavy (non-hydrogen) atoms. The summed E-state index contributed by atoms with van der Waals surface area (Å²) in [6.07, 6.45) is 0. The summed E-state index contributed by atoms with van der Waals surface area (Å²) in [5.74, 6) is -0.0528. The highest BCUT2D eigenvalue weighted by atomic mass is 35.5. The molecule has 0 radical (unpaired) electrons. The lowest BCUT2D eigenvalue weighted by Crippen LogP contribution is -2.41.